The number of rotatable bonds is 9. The molecule has 1 aromatic heterocycles. The maximum atomic E-state index is 12.6. The van der Waals surface area contributed by atoms with Gasteiger partial charge in [0, 0.05) is 32.1 Å². The van der Waals surface area contributed by atoms with Crippen LogP contribution < -0.4 is 9.47 Å². The van der Waals surface area contributed by atoms with Gasteiger partial charge < -0.3 is 19.3 Å². The summed E-state index contributed by atoms with van der Waals surface area (Å²) >= 11 is 0. The minimum absolute atomic E-state index is 0.165. The summed E-state index contributed by atoms with van der Waals surface area (Å²) in [4.78, 5) is 16.9. The smallest absolute Gasteiger partial charge is 0.224 e. The lowest BCUT2D eigenvalue weighted by atomic mass is 10.0. The molecule has 1 amide bonds. The van der Waals surface area contributed by atoms with Crippen molar-refractivity contribution < 1.29 is 14.3 Å². The van der Waals surface area contributed by atoms with Gasteiger partial charge in [0.05, 0.1) is 20.8 Å². The molecular formula is C20H30N6O3. The van der Waals surface area contributed by atoms with Gasteiger partial charge in [-0.15, -0.1) is 5.10 Å². The number of benzene rings is 1. The maximum absolute atomic E-state index is 12.6. The summed E-state index contributed by atoms with van der Waals surface area (Å²) in [5, 5.41) is 11.0. The first-order valence-electron chi connectivity index (χ1n) is 10.0. The number of carbonyl (C=O) groups is 1. The van der Waals surface area contributed by atoms with Crippen LogP contribution in [0.1, 0.15) is 24.8 Å². The van der Waals surface area contributed by atoms with Crippen LogP contribution in [0.5, 0.6) is 11.5 Å². The van der Waals surface area contributed by atoms with Gasteiger partial charge in [-0.05, 0) is 54.4 Å². The van der Waals surface area contributed by atoms with Crippen molar-refractivity contribution in [2.75, 3.05) is 40.9 Å². The van der Waals surface area contributed by atoms with Crippen LogP contribution in [0.2, 0.25) is 0 Å². The third kappa shape index (κ3) is 5.66. The van der Waals surface area contributed by atoms with E-state index < -0.39 is 0 Å². The summed E-state index contributed by atoms with van der Waals surface area (Å²) in [5.74, 6) is 1.66. The van der Waals surface area contributed by atoms with Crippen molar-refractivity contribution in [3.8, 4) is 11.5 Å². The van der Waals surface area contributed by atoms with Crippen LogP contribution in [0, 0.1) is 0 Å². The summed E-state index contributed by atoms with van der Waals surface area (Å²) in [6.07, 6.45) is 5.02. The molecule has 9 nitrogen and oxygen atoms in total. The van der Waals surface area contributed by atoms with Gasteiger partial charge in [0.1, 0.15) is 6.33 Å². The first kappa shape index (κ1) is 21.0. The third-order valence-electron chi connectivity index (χ3n) is 5.52. The molecule has 1 aromatic carbocycles. The number of likely N-dealkylation sites (tertiary alicyclic amines) is 1. The van der Waals surface area contributed by atoms with Crippen molar-refractivity contribution in [2.24, 2.45) is 0 Å². The number of nitrogens with zero attached hydrogens (tertiary/aromatic N) is 6. The van der Waals surface area contributed by atoms with Gasteiger partial charge in [-0.1, -0.05) is 6.07 Å². The average molecular weight is 402 g/mol. The molecule has 9 heteroatoms. The number of ether oxygens (including phenoxy) is 2. The van der Waals surface area contributed by atoms with E-state index in [1.54, 1.807) is 18.9 Å². The fourth-order valence-electron chi connectivity index (χ4n) is 3.72. The van der Waals surface area contributed by atoms with Crippen molar-refractivity contribution in [3.63, 3.8) is 0 Å². The standard InChI is InChI=1S/C20H30N6O3/c1-24(11-8-16-6-7-18(28-2)19(13-16)29-3)17-5-4-10-25(14-17)20(27)9-12-26-15-21-22-23-26/h6-7,13,15,17H,4-5,8-12,14H2,1-3H3. The van der Waals surface area contributed by atoms with Gasteiger partial charge in [-0.2, -0.15) is 0 Å². The summed E-state index contributed by atoms with van der Waals surface area (Å²) in [6, 6.07) is 6.42. The largest absolute Gasteiger partial charge is 0.493 e. The van der Waals surface area contributed by atoms with Crippen molar-refractivity contribution in [2.45, 2.75) is 38.3 Å². The fourth-order valence-corrected chi connectivity index (χ4v) is 3.72. The van der Waals surface area contributed by atoms with E-state index in [4.69, 9.17) is 9.47 Å². The van der Waals surface area contributed by atoms with E-state index in [1.807, 2.05) is 17.0 Å². The van der Waals surface area contributed by atoms with Crippen LogP contribution in [-0.2, 0) is 17.8 Å². The maximum Gasteiger partial charge on any atom is 0.224 e. The molecule has 0 saturated carbocycles. The SMILES string of the molecule is COc1ccc(CCN(C)C2CCCN(C(=O)CCn3cnnn3)C2)cc1OC. The average Bonchev–Trinajstić information content (AvgIpc) is 3.29. The van der Waals surface area contributed by atoms with E-state index in [2.05, 4.69) is 33.5 Å². The molecule has 29 heavy (non-hydrogen) atoms. The number of likely N-dealkylation sites (N-methyl/N-ethyl adjacent to an activating group) is 1. The summed E-state index contributed by atoms with van der Waals surface area (Å²) in [7, 11) is 5.44. The van der Waals surface area contributed by atoms with Crippen molar-refractivity contribution in [1.29, 1.82) is 0 Å². The normalized spacial score (nSPS) is 16.8. The Morgan fingerprint density at radius 3 is 2.83 bits per heavy atom. The number of methoxy groups -OCH3 is 2. The molecular weight excluding hydrogens is 372 g/mol. The minimum Gasteiger partial charge on any atom is -0.493 e. The molecule has 3 rings (SSSR count). The van der Waals surface area contributed by atoms with Crippen LogP contribution in [-0.4, -0.2) is 82.9 Å². The van der Waals surface area contributed by atoms with Crippen LogP contribution in [0.15, 0.2) is 24.5 Å². The second kappa shape index (κ2) is 10.2. The summed E-state index contributed by atoms with van der Waals surface area (Å²) < 4.78 is 12.3. The predicted molar refractivity (Wildman–Crippen MR) is 108 cm³/mol. The van der Waals surface area contributed by atoms with Gasteiger partial charge in [-0.3, -0.25) is 4.79 Å². The zero-order valence-electron chi connectivity index (χ0n) is 17.5. The Balaban J connectivity index is 1.49. The zero-order valence-corrected chi connectivity index (χ0v) is 17.5. The molecule has 1 aliphatic rings. The molecule has 2 heterocycles. The van der Waals surface area contributed by atoms with Gasteiger partial charge >= 0.3 is 0 Å². The number of hydrogen-bond acceptors (Lipinski definition) is 7. The molecule has 0 aliphatic carbocycles. The quantitative estimate of drug-likeness (QED) is 0.624. The predicted octanol–water partition coefficient (Wildman–Crippen LogP) is 1.25. The van der Waals surface area contributed by atoms with Gasteiger partial charge in [-0.25, -0.2) is 4.68 Å². The number of aryl methyl sites for hydroxylation is 1. The lowest BCUT2D eigenvalue weighted by Gasteiger charge is -2.37. The van der Waals surface area contributed by atoms with E-state index in [0.29, 0.717) is 19.0 Å². The molecule has 1 saturated heterocycles. The second-order valence-corrected chi connectivity index (χ2v) is 7.38. The molecule has 1 unspecified atom stereocenters. The minimum atomic E-state index is 0.165. The first-order valence-corrected chi connectivity index (χ1v) is 10.0. The lowest BCUT2D eigenvalue weighted by Crippen LogP contribution is -2.49. The molecule has 2 aromatic rings. The van der Waals surface area contributed by atoms with E-state index in [9.17, 15) is 4.79 Å². The highest BCUT2D eigenvalue weighted by molar-refractivity contribution is 5.76. The summed E-state index contributed by atoms with van der Waals surface area (Å²) in [6.45, 7) is 3.04. The topological polar surface area (TPSA) is 85.6 Å². The Labute approximate surface area is 171 Å². The Hall–Kier alpha value is -2.68. The molecule has 1 atom stereocenters. The second-order valence-electron chi connectivity index (χ2n) is 7.38. The van der Waals surface area contributed by atoms with Gasteiger partial charge in [0.25, 0.3) is 0 Å². The van der Waals surface area contributed by atoms with Crippen LogP contribution in [0.4, 0.5) is 0 Å². The summed E-state index contributed by atoms with van der Waals surface area (Å²) in [5.41, 5.74) is 1.21. The zero-order chi connectivity index (χ0) is 20.6. The number of amides is 1. The molecule has 1 fully saturated rings. The Bertz CT molecular complexity index is 783. The van der Waals surface area contributed by atoms with Crippen molar-refractivity contribution in [3.05, 3.63) is 30.1 Å². The number of carbonyl (C=O) groups excluding carboxylic acids is 1. The van der Waals surface area contributed by atoms with E-state index in [0.717, 1.165) is 50.4 Å². The van der Waals surface area contributed by atoms with Gasteiger partial charge in [0.15, 0.2) is 11.5 Å². The molecule has 0 spiro atoms. The lowest BCUT2D eigenvalue weighted by molar-refractivity contribution is -0.133. The highest BCUT2D eigenvalue weighted by Gasteiger charge is 2.26. The number of hydrogen-bond donors (Lipinski definition) is 0. The Morgan fingerprint density at radius 1 is 1.28 bits per heavy atom. The van der Waals surface area contributed by atoms with Crippen molar-refractivity contribution in [1.82, 2.24) is 30.0 Å². The molecule has 158 valence electrons. The van der Waals surface area contributed by atoms with Crippen LogP contribution in [0.3, 0.4) is 0 Å². The van der Waals surface area contributed by atoms with Gasteiger partial charge in [0.2, 0.25) is 5.91 Å². The van der Waals surface area contributed by atoms with Crippen LogP contribution >= 0.6 is 0 Å². The van der Waals surface area contributed by atoms with E-state index >= 15 is 0 Å². The molecule has 1 aliphatic heterocycles. The highest BCUT2D eigenvalue weighted by Crippen LogP contribution is 2.28. The monoisotopic (exact) mass is 402 g/mol. The first-order chi connectivity index (χ1) is 14.1. The van der Waals surface area contributed by atoms with Crippen molar-refractivity contribution >= 4 is 5.91 Å². The third-order valence-corrected chi connectivity index (χ3v) is 5.52. The fraction of sp³-hybridized carbons (Fsp3) is 0.600. The highest BCUT2D eigenvalue weighted by atomic mass is 16.5. The molecule has 0 N–H and O–H groups in total. The number of tetrazole rings is 1. The molecule has 0 radical (unpaired) electrons. The number of aromatic nitrogens is 4. The van der Waals surface area contributed by atoms with E-state index in [-0.39, 0.29) is 5.91 Å². The molecule has 0 bridgehead atoms. The number of piperidine rings is 1. The van der Waals surface area contributed by atoms with Crippen LogP contribution in [0.25, 0.3) is 0 Å². The Kier molecular flexibility index (Phi) is 7.40. The van der Waals surface area contributed by atoms with E-state index in [1.165, 1.54) is 11.9 Å². The Morgan fingerprint density at radius 2 is 2.10 bits per heavy atom.